The van der Waals surface area contributed by atoms with Gasteiger partial charge in [-0.1, -0.05) is 24.3 Å². The number of carbonyl (C=O) groups is 2. The molecule has 0 radical (unpaired) electrons. The molecule has 0 aromatic heterocycles. The molecule has 1 saturated heterocycles. The van der Waals surface area contributed by atoms with E-state index in [0.717, 1.165) is 10.9 Å². The van der Waals surface area contributed by atoms with Crippen LogP contribution in [0, 0.1) is 0 Å². The summed E-state index contributed by atoms with van der Waals surface area (Å²) in [5.74, 6) is 0.504. The minimum absolute atomic E-state index is 0.0101. The van der Waals surface area contributed by atoms with E-state index in [1.807, 2.05) is 41.3 Å². The van der Waals surface area contributed by atoms with Crippen LogP contribution in [0.1, 0.15) is 27.1 Å². The van der Waals surface area contributed by atoms with Crippen LogP contribution in [0.4, 0.5) is 0 Å². The summed E-state index contributed by atoms with van der Waals surface area (Å²) >= 11 is 3.44. The van der Waals surface area contributed by atoms with Crippen molar-refractivity contribution in [3.05, 3.63) is 64.1 Å². The van der Waals surface area contributed by atoms with Crippen molar-refractivity contribution >= 4 is 27.7 Å². The Hall–Kier alpha value is -2.34. The Bertz CT molecular complexity index is 809. The number of carbonyl (C=O) groups excluding carboxylic acids is 2. The Balaban J connectivity index is 1.71. The number of hydrogen-bond acceptors (Lipinski definition) is 3. The zero-order chi connectivity index (χ0) is 18.5. The molecule has 5 nitrogen and oxygen atoms in total. The first-order valence-corrected chi connectivity index (χ1v) is 9.37. The second kappa shape index (κ2) is 8.36. The van der Waals surface area contributed by atoms with E-state index in [-0.39, 0.29) is 11.8 Å². The predicted molar refractivity (Wildman–Crippen MR) is 104 cm³/mol. The monoisotopic (exact) mass is 416 g/mol. The molecular formula is C20H21BrN2O3. The maximum Gasteiger partial charge on any atom is 0.257 e. The summed E-state index contributed by atoms with van der Waals surface area (Å²) in [4.78, 5) is 29.3. The molecule has 0 atom stereocenters. The lowest BCUT2D eigenvalue weighted by Gasteiger charge is -2.23. The van der Waals surface area contributed by atoms with Gasteiger partial charge in [0.15, 0.2) is 0 Å². The lowest BCUT2D eigenvalue weighted by molar-refractivity contribution is 0.0716. The van der Waals surface area contributed by atoms with Crippen molar-refractivity contribution in [3.63, 3.8) is 0 Å². The van der Waals surface area contributed by atoms with Gasteiger partial charge >= 0.3 is 0 Å². The fourth-order valence-electron chi connectivity index (χ4n) is 3.12. The Morgan fingerprint density at radius 3 is 2.00 bits per heavy atom. The molecule has 0 bridgehead atoms. The normalized spacial score (nSPS) is 14.7. The summed E-state index contributed by atoms with van der Waals surface area (Å²) < 4.78 is 6.09. The van der Waals surface area contributed by atoms with Crippen LogP contribution in [-0.4, -0.2) is 54.9 Å². The molecule has 6 heteroatoms. The Morgan fingerprint density at radius 2 is 1.38 bits per heavy atom. The molecule has 0 spiro atoms. The number of amides is 2. The third-order valence-corrected chi connectivity index (χ3v) is 5.20. The number of rotatable bonds is 3. The maximum absolute atomic E-state index is 12.9. The molecule has 1 heterocycles. The van der Waals surface area contributed by atoms with Gasteiger partial charge in [0.1, 0.15) is 5.75 Å². The van der Waals surface area contributed by atoms with Crippen LogP contribution < -0.4 is 4.74 Å². The van der Waals surface area contributed by atoms with E-state index in [1.165, 1.54) is 0 Å². The number of ether oxygens (including phenoxy) is 1. The third-order valence-electron chi connectivity index (χ3n) is 4.51. The second-order valence-electron chi connectivity index (χ2n) is 6.12. The first kappa shape index (κ1) is 18.5. The Morgan fingerprint density at radius 1 is 0.846 bits per heavy atom. The summed E-state index contributed by atoms with van der Waals surface area (Å²) in [5, 5.41) is 0. The first-order chi connectivity index (χ1) is 12.6. The fraction of sp³-hybridized carbons (Fsp3) is 0.300. The molecule has 0 saturated carbocycles. The molecule has 26 heavy (non-hydrogen) atoms. The van der Waals surface area contributed by atoms with Crippen LogP contribution in [0.3, 0.4) is 0 Å². The Labute approximate surface area is 161 Å². The highest BCUT2D eigenvalue weighted by Crippen LogP contribution is 2.22. The molecule has 1 fully saturated rings. The summed E-state index contributed by atoms with van der Waals surface area (Å²) in [6.07, 6.45) is 0.747. The number of hydrogen-bond donors (Lipinski definition) is 0. The van der Waals surface area contributed by atoms with Crippen LogP contribution in [0.5, 0.6) is 5.75 Å². The molecule has 3 rings (SSSR count). The smallest absolute Gasteiger partial charge is 0.257 e. The molecule has 136 valence electrons. The molecule has 0 unspecified atom stereocenters. The quantitative estimate of drug-likeness (QED) is 0.769. The minimum atomic E-state index is -0.0577. The maximum atomic E-state index is 12.9. The van der Waals surface area contributed by atoms with Crippen molar-refractivity contribution in [3.8, 4) is 5.75 Å². The molecule has 1 aliphatic heterocycles. The zero-order valence-corrected chi connectivity index (χ0v) is 16.2. The van der Waals surface area contributed by atoms with E-state index >= 15 is 0 Å². The SMILES string of the molecule is COc1ccccc1C(=O)N1CCCN(C(=O)c2ccccc2Br)CC1. The molecule has 2 aromatic rings. The van der Waals surface area contributed by atoms with E-state index in [9.17, 15) is 9.59 Å². The molecule has 1 aliphatic rings. The summed E-state index contributed by atoms with van der Waals surface area (Å²) in [6, 6.07) is 14.7. The highest BCUT2D eigenvalue weighted by atomic mass is 79.9. The van der Waals surface area contributed by atoms with E-state index in [0.29, 0.717) is 43.1 Å². The van der Waals surface area contributed by atoms with Gasteiger partial charge in [-0.05, 0) is 46.6 Å². The van der Waals surface area contributed by atoms with Crippen molar-refractivity contribution in [2.75, 3.05) is 33.3 Å². The van der Waals surface area contributed by atoms with Gasteiger partial charge < -0.3 is 14.5 Å². The number of para-hydroxylation sites is 1. The third kappa shape index (κ3) is 3.90. The van der Waals surface area contributed by atoms with Gasteiger partial charge in [-0.2, -0.15) is 0 Å². The molecule has 2 amide bonds. The van der Waals surface area contributed by atoms with Gasteiger partial charge in [0.25, 0.3) is 11.8 Å². The van der Waals surface area contributed by atoms with Gasteiger partial charge in [0.05, 0.1) is 18.2 Å². The van der Waals surface area contributed by atoms with Crippen molar-refractivity contribution in [2.24, 2.45) is 0 Å². The van der Waals surface area contributed by atoms with Gasteiger partial charge in [0.2, 0.25) is 0 Å². The van der Waals surface area contributed by atoms with Gasteiger partial charge in [-0.25, -0.2) is 0 Å². The van der Waals surface area contributed by atoms with Crippen LogP contribution in [0.25, 0.3) is 0 Å². The van der Waals surface area contributed by atoms with Crippen LogP contribution in [-0.2, 0) is 0 Å². The van der Waals surface area contributed by atoms with Crippen molar-refractivity contribution in [1.29, 1.82) is 0 Å². The van der Waals surface area contributed by atoms with Crippen LogP contribution in [0.2, 0.25) is 0 Å². The minimum Gasteiger partial charge on any atom is -0.496 e. The molecule has 0 aliphatic carbocycles. The number of methoxy groups -OCH3 is 1. The lowest BCUT2D eigenvalue weighted by atomic mass is 10.1. The first-order valence-electron chi connectivity index (χ1n) is 8.58. The Kier molecular flexibility index (Phi) is 5.93. The van der Waals surface area contributed by atoms with Crippen molar-refractivity contribution in [2.45, 2.75) is 6.42 Å². The van der Waals surface area contributed by atoms with Gasteiger partial charge in [-0.15, -0.1) is 0 Å². The van der Waals surface area contributed by atoms with E-state index in [2.05, 4.69) is 15.9 Å². The zero-order valence-electron chi connectivity index (χ0n) is 14.7. The van der Waals surface area contributed by atoms with E-state index < -0.39 is 0 Å². The largest absolute Gasteiger partial charge is 0.496 e. The highest BCUT2D eigenvalue weighted by molar-refractivity contribution is 9.10. The van der Waals surface area contributed by atoms with E-state index in [1.54, 1.807) is 24.1 Å². The van der Waals surface area contributed by atoms with Crippen LogP contribution in [0.15, 0.2) is 53.0 Å². The van der Waals surface area contributed by atoms with E-state index in [4.69, 9.17) is 4.74 Å². The van der Waals surface area contributed by atoms with Crippen molar-refractivity contribution < 1.29 is 14.3 Å². The summed E-state index contributed by atoms with van der Waals surface area (Å²) in [5.41, 5.74) is 1.21. The predicted octanol–water partition coefficient (Wildman–Crippen LogP) is 3.45. The molecular weight excluding hydrogens is 396 g/mol. The second-order valence-corrected chi connectivity index (χ2v) is 6.97. The standard InChI is InChI=1S/C20H21BrN2O3/c1-26-18-10-5-3-8-16(18)20(25)23-12-6-11-22(13-14-23)19(24)15-7-2-4-9-17(15)21/h2-5,7-10H,6,11-14H2,1H3. The average Bonchev–Trinajstić information content (AvgIpc) is 2.93. The summed E-state index contributed by atoms with van der Waals surface area (Å²) in [6.45, 7) is 2.28. The van der Waals surface area contributed by atoms with Crippen LogP contribution >= 0.6 is 15.9 Å². The topological polar surface area (TPSA) is 49.9 Å². The van der Waals surface area contributed by atoms with Crippen molar-refractivity contribution in [1.82, 2.24) is 9.80 Å². The van der Waals surface area contributed by atoms with Gasteiger partial charge in [0, 0.05) is 30.7 Å². The average molecular weight is 417 g/mol. The molecule has 0 N–H and O–H groups in total. The highest BCUT2D eigenvalue weighted by Gasteiger charge is 2.25. The number of halogens is 1. The number of nitrogens with zero attached hydrogens (tertiary/aromatic N) is 2. The summed E-state index contributed by atoms with van der Waals surface area (Å²) in [7, 11) is 1.56. The van der Waals surface area contributed by atoms with Gasteiger partial charge in [-0.3, -0.25) is 9.59 Å². The fourth-order valence-corrected chi connectivity index (χ4v) is 3.57. The number of benzene rings is 2. The molecule has 2 aromatic carbocycles. The lowest BCUT2D eigenvalue weighted by Crippen LogP contribution is -2.37.